The number of hydrogen-bond acceptors (Lipinski definition) is 0. The smallest absolute Gasteiger partial charge is 0.0162 e. The van der Waals surface area contributed by atoms with Crippen molar-refractivity contribution in [1.29, 1.82) is 0 Å². The largest absolute Gasteiger partial charge is 0.0654 e. The molecule has 0 spiro atoms. The van der Waals surface area contributed by atoms with Crippen LogP contribution < -0.4 is 0 Å². The van der Waals surface area contributed by atoms with Crippen molar-refractivity contribution in [2.24, 2.45) is 0 Å². The highest BCUT2D eigenvalue weighted by Crippen LogP contribution is 2.16. The van der Waals surface area contributed by atoms with E-state index in [1.54, 1.807) is 0 Å². The van der Waals surface area contributed by atoms with Gasteiger partial charge in [0.25, 0.3) is 0 Å². The van der Waals surface area contributed by atoms with Gasteiger partial charge in [-0.05, 0) is 47.1 Å². The van der Waals surface area contributed by atoms with Crippen LogP contribution in [0.25, 0.3) is 0 Å². The minimum Gasteiger partial charge on any atom is -0.0654 e. The van der Waals surface area contributed by atoms with E-state index in [4.69, 9.17) is 0 Å². The zero-order chi connectivity index (χ0) is 16.6. The Kier molecular flexibility index (Phi) is 14.1. The second kappa shape index (κ2) is 15.5. The molecule has 0 saturated carbocycles. The zero-order valence-electron chi connectivity index (χ0n) is 15.3. The Hall–Kier alpha value is -0.0500. The SMILES string of the molecule is CCCCCCCCCCCCCCCCc1ccccc1I. The maximum atomic E-state index is 2.46. The van der Waals surface area contributed by atoms with E-state index >= 15 is 0 Å². The van der Waals surface area contributed by atoms with Gasteiger partial charge in [0.15, 0.2) is 0 Å². The van der Waals surface area contributed by atoms with E-state index in [0.29, 0.717) is 0 Å². The summed E-state index contributed by atoms with van der Waals surface area (Å²) in [7, 11) is 0. The number of benzene rings is 1. The van der Waals surface area contributed by atoms with Gasteiger partial charge < -0.3 is 0 Å². The fourth-order valence-corrected chi connectivity index (χ4v) is 3.87. The average Bonchev–Trinajstić information content (AvgIpc) is 2.57. The zero-order valence-corrected chi connectivity index (χ0v) is 17.5. The molecule has 23 heavy (non-hydrogen) atoms. The summed E-state index contributed by atoms with van der Waals surface area (Å²) in [4.78, 5) is 0. The lowest BCUT2D eigenvalue weighted by Crippen LogP contribution is -1.89. The van der Waals surface area contributed by atoms with Gasteiger partial charge in [0, 0.05) is 3.57 Å². The molecule has 0 aliphatic carbocycles. The molecule has 1 heteroatoms. The molecule has 0 saturated heterocycles. The molecule has 0 atom stereocenters. The Morgan fingerprint density at radius 3 is 1.52 bits per heavy atom. The van der Waals surface area contributed by atoms with E-state index < -0.39 is 0 Å². The molecular weight excluding hydrogens is 391 g/mol. The molecule has 0 nitrogen and oxygen atoms in total. The molecule has 0 amide bonds. The van der Waals surface area contributed by atoms with Crippen molar-refractivity contribution in [1.82, 2.24) is 0 Å². The van der Waals surface area contributed by atoms with Gasteiger partial charge >= 0.3 is 0 Å². The van der Waals surface area contributed by atoms with Crippen molar-refractivity contribution in [3.63, 3.8) is 0 Å². The van der Waals surface area contributed by atoms with E-state index in [1.807, 2.05) is 0 Å². The van der Waals surface area contributed by atoms with E-state index in [2.05, 4.69) is 53.8 Å². The molecule has 0 fully saturated rings. The fraction of sp³-hybridized carbons (Fsp3) is 0.727. The fourth-order valence-electron chi connectivity index (χ4n) is 3.21. The molecule has 0 aliphatic heterocycles. The minimum atomic E-state index is 1.26. The van der Waals surface area contributed by atoms with Gasteiger partial charge in [-0.25, -0.2) is 0 Å². The summed E-state index contributed by atoms with van der Waals surface area (Å²) < 4.78 is 1.43. The number of hydrogen-bond donors (Lipinski definition) is 0. The Morgan fingerprint density at radius 1 is 0.609 bits per heavy atom. The quantitative estimate of drug-likeness (QED) is 0.195. The van der Waals surface area contributed by atoms with Crippen LogP contribution in [0.5, 0.6) is 0 Å². The standard InChI is InChI=1S/C22H37I/c1-2-3-4-5-6-7-8-9-10-11-12-13-14-15-18-21-19-16-17-20-22(21)23/h16-17,19-20H,2-15,18H2,1H3. The van der Waals surface area contributed by atoms with Gasteiger partial charge in [0.05, 0.1) is 0 Å². The molecule has 0 radical (unpaired) electrons. The number of rotatable bonds is 15. The summed E-state index contributed by atoms with van der Waals surface area (Å²) in [5.74, 6) is 0. The molecule has 0 N–H and O–H groups in total. The van der Waals surface area contributed by atoms with Crippen LogP contribution in [0, 0.1) is 3.57 Å². The molecule has 0 heterocycles. The first-order valence-electron chi connectivity index (χ1n) is 10.1. The van der Waals surface area contributed by atoms with Crippen molar-refractivity contribution >= 4 is 22.6 Å². The molecule has 1 aromatic carbocycles. The molecule has 0 unspecified atom stereocenters. The first-order chi connectivity index (χ1) is 11.3. The van der Waals surface area contributed by atoms with Crippen LogP contribution in [0.2, 0.25) is 0 Å². The summed E-state index contributed by atoms with van der Waals surface area (Å²) in [5.41, 5.74) is 1.53. The highest BCUT2D eigenvalue weighted by atomic mass is 127. The molecule has 0 aromatic heterocycles. The van der Waals surface area contributed by atoms with Gasteiger partial charge in [-0.2, -0.15) is 0 Å². The first-order valence-corrected chi connectivity index (χ1v) is 11.2. The van der Waals surface area contributed by atoms with Crippen molar-refractivity contribution < 1.29 is 0 Å². The Balaban J connectivity index is 1.79. The summed E-state index contributed by atoms with van der Waals surface area (Å²) >= 11 is 2.46. The maximum Gasteiger partial charge on any atom is 0.0162 e. The van der Waals surface area contributed by atoms with Gasteiger partial charge in [0.1, 0.15) is 0 Å². The molecule has 1 rings (SSSR count). The van der Waals surface area contributed by atoms with Crippen LogP contribution >= 0.6 is 22.6 Å². The Bertz CT molecular complexity index is 372. The van der Waals surface area contributed by atoms with Crippen LogP contribution in [0.1, 0.15) is 102 Å². The third-order valence-electron chi connectivity index (χ3n) is 4.76. The van der Waals surface area contributed by atoms with Gasteiger partial charge in [-0.15, -0.1) is 0 Å². The Labute approximate surface area is 159 Å². The van der Waals surface area contributed by atoms with E-state index in [1.165, 1.54) is 105 Å². The number of aryl methyl sites for hydroxylation is 1. The van der Waals surface area contributed by atoms with Crippen LogP contribution in [0.15, 0.2) is 24.3 Å². The van der Waals surface area contributed by atoms with Crippen LogP contribution in [-0.4, -0.2) is 0 Å². The normalized spacial score (nSPS) is 11.0. The van der Waals surface area contributed by atoms with Crippen molar-refractivity contribution in [2.75, 3.05) is 0 Å². The summed E-state index contributed by atoms with van der Waals surface area (Å²) in [6.07, 6.45) is 21.4. The molecule has 1 aromatic rings. The highest BCUT2D eigenvalue weighted by Gasteiger charge is 1.98. The predicted octanol–water partition coefficient (Wildman–Crippen LogP) is 8.32. The number of halogens is 1. The average molecular weight is 428 g/mol. The predicted molar refractivity (Wildman–Crippen MR) is 113 cm³/mol. The minimum absolute atomic E-state index is 1.26. The third-order valence-corrected chi connectivity index (χ3v) is 5.81. The van der Waals surface area contributed by atoms with Crippen LogP contribution in [0.3, 0.4) is 0 Å². The van der Waals surface area contributed by atoms with E-state index in [0.717, 1.165) is 0 Å². The maximum absolute atomic E-state index is 2.46. The lowest BCUT2D eigenvalue weighted by Gasteiger charge is -2.05. The van der Waals surface area contributed by atoms with E-state index in [9.17, 15) is 0 Å². The summed E-state index contributed by atoms with van der Waals surface area (Å²) in [6.45, 7) is 2.29. The Morgan fingerprint density at radius 2 is 1.04 bits per heavy atom. The highest BCUT2D eigenvalue weighted by molar-refractivity contribution is 14.1. The van der Waals surface area contributed by atoms with Crippen LogP contribution in [-0.2, 0) is 6.42 Å². The molecule has 0 aliphatic rings. The summed E-state index contributed by atoms with van der Waals surface area (Å²) in [5, 5.41) is 0. The topological polar surface area (TPSA) is 0 Å². The van der Waals surface area contributed by atoms with E-state index in [-0.39, 0.29) is 0 Å². The monoisotopic (exact) mass is 428 g/mol. The summed E-state index contributed by atoms with van der Waals surface area (Å²) in [6, 6.07) is 8.81. The number of unbranched alkanes of at least 4 members (excludes halogenated alkanes) is 13. The van der Waals surface area contributed by atoms with Gasteiger partial charge in [0.2, 0.25) is 0 Å². The first kappa shape index (κ1) is 21.0. The lowest BCUT2D eigenvalue weighted by molar-refractivity contribution is 0.535. The second-order valence-corrected chi connectivity index (χ2v) is 8.10. The third kappa shape index (κ3) is 12.0. The van der Waals surface area contributed by atoms with Gasteiger partial charge in [-0.3, -0.25) is 0 Å². The van der Waals surface area contributed by atoms with Crippen LogP contribution in [0.4, 0.5) is 0 Å². The second-order valence-electron chi connectivity index (χ2n) is 6.94. The lowest BCUT2D eigenvalue weighted by atomic mass is 10.0. The van der Waals surface area contributed by atoms with Crippen molar-refractivity contribution in [3.8, 4) is 0 Å². The van der Waals surface area contributed by atoms with Crippen molar-refractivity contribution in [3.05, 3.63) is 33.4 Å². The van der Waals surface area contributed by atoms with Crippen molar-refractivity contribution in [2.45, 2.75) is 103 Å². The molecule has 132 valence electrons. The molecule has 0 bridgehead atoms. The molecular formula is C22H37I. The van der Waals surface area contributed by atoms with Gasteiger partial charge in [-0.1, -0.05) is 109 Å².